The third kappa shape index (κ3) is 5.30. The van der Waals surface area contributed by atoms with E-state index < -0.39 is 0 Å². The number of amidine groups is 1. The molecule has 0 bridgehead atoms. The van der Waals surface area contributed by atoms with E-state index in [1.165, 1.54) is 12.2 Å². The zero-order chi connectivity index (χ0) is 12.9. The van der Waals surface area contributed by atoms with Crippen LogP contribution in [0.1, 0.15) is 34.1 Å². The van der Waals surface area contributed by atoms with Crippen LogP contribution in [0.3, 0.4) is 0 Å². The first-order valence-electron chi connectivity index (χ1n) is 6.36. The maximum Gasteiger partial charge on any atom is 0.156 e. The molecule has 1 heterocycles. The van der Waals surface area contributed by atoms with Crippen LogP contribution in [0.15, 0.2) is 4.99 Å². The number of methoxy groups -OCH3 is 1. The van der Waals surface area contributed by atoms with Gasteiger partial charge in [-0.25, -0.2) is 0 Å². The van der Waals surface area contributed by atoms with Gasteiger partial charge in [0.25, 0.3) is 0 Å². The monoisotopic (exact) mass is 258 g/mol. The van der Waals surface area contributed by atoms with Gasteiger partial charge in [-0.2, -0.15) is 0 Å². The molecule has 0 aromatic carbocycles. The van der Waals surface area contributed by atoms with Crippen molar-refractivity contribution in [3.63, 3.8) is 0 Å². The van der Waals surface area contributed by atoms with Crippen molar-refractivity contribution in [2.24, 2.45) is 16.3 Å². The number of hydrogen-bond donors (Lipinski definition) is 1. The quantitative estimate of drug-likeness (QED) is 0.842. The van der Waals surface area contributed by atoms with Gasteiger partial charge in [0.2, 0.25) is 0 Å². The number of nitrogens with one attached hydrogen (secondary N) is 1. The molecule has 2 unspecified atom stereocenters. The smallest absolute Gasteiger partial charge is 0.156 e. The van der Waals surface area contributed by atoms with Gasteiger partial charge in [0.1, 0.15) is 0 Å². The average Bonchev–Trinajstić information content (AvgIpc) is 2.26. The number of nitrogens with zero attached hydrogens (tertiary/aromatic N) is 1. The Labute approximate surface area is 110 Å². The summed E-state index contributed by atoms with van der Waals surface area (Å²) in [6, 6.07) is 0.542. The molecular formula is C13H26N2OS. The van der Waals surface area contributed by atoms with Crippen LogP contribution in [0.2, 0.25) is 0 Å². The van der Waals surface area contributed by atoms with E-state index in [9.17, 15) is 0 Å². The summed E-state index contributed by atoms with van der Waals surface area (Å²) in [6.45, 7) is 10.6. The van der Waals surface area contributed by atoms with Gasteiger partial charge in [-0.1, -0.05) is 39.5 Å². The average molecular weight is 258 g/mol. The molecule has 1 rings (SSSR count). The lowest BCUT2D eigenvalue weighted by Crippen LogP contribution is -2.46. The third-order valence-corrected chi connectivity index (χ3v) is 3.95. The van der Waals surface area contributed by atoms with Crippen LogP contribution in [-0.2, 0) is 4.74 Å². The normalized spacial score (nSPS) is 25.7. The van der Waals surface area contributed by atoms with Gasteiger partial charge < -0.3 is 10.1 Å². The van der Waals surface area contributed by atoms with Crippen molar-refractivity contribution in [1.29, 1.82) is 0 Å². The van der Waals surface area contributed by atoms with Crippen molar-refractivity contribution in [3.8, 4) is 0 Å². The summed E-state index contributed by atoms with van der Waals surface area (Å²) in [4.78, 5) is 4.65. The minimum Gasteiger partial charge on any atom is -0.384 e. The van der Waals surface area contributed by atoms with Crippen molar-refractivity contribution in [2.45, 2.75) is 40.2 Å². The summed E-state index contributed by atoms with van der Waals surface area (Å²) < 4.78 is 5.12. The van der Waals surface area contributed by atoms with Crippen molar-refractivity contribution in [3.05, 3.63) is 0 Å². The minimum absolute atomic E-state index is 0.305. The molecule has 0 aromatic rings. The van der Waals surface area contributed by atoms with Crippen LogP contribution >= 0.6 is 11.8 Å². The van der Waals surface area contributed by atoms with Gasteiger partial charge in [-0.3, -0.25) is 4.99 Å². The summed E-state index contributed by atoms with van der Waals surface area (Å²) in [7, 11) is 1.74. The molecule has 3 nitrogen and oxygen atoms in total. The molecule has 100 valence electrons. The van der Waals surface area contributed by atoms with Gasteiger partial charge in [-0.05, 0) is 17.8 Å². The number of rotatable bonds is 4. The molecule has 1 aliphatic rings. The zero-order valence-corrected chi connectivity index (χ0v) is 12.6. The SMILES string of the molecule is COCC(C)CN=C1NC(C(C)(C)C)CCS1. The highest BCUT2D eigenvalue weighted by molar-refractivity contribution is 8.13. The van der Waals surface area contributed by atoms with Gasteiger partial charge in [0.15, 0.2) is 5.17 Å². The second-order valence-electron chi connectivity index (χ2n) is 5.91. The molecule has 2 atom stereocenters. The number of hydrogen-bond acceptors (Lipinski definition) is 3. The number of thioether (sulfide) groups is 1. The number of aliphatic imine (C=N–C) groups is 1. The van der Waals surface area contributed by atoms with E-state index in [1.54, 1.807) is 7.11 Å². The highest BCUT2D eigenvalue weighted by Crippen LogP contribution is 2.27. The van der Waals surface area contributed by atoms with Crippen LogP contribution in [-0.4, -0.2) is 37.2 Å². The van der Waals surface area contributed by atoms with E-state index in [4.69, 9.17) is 4.74 Å². The molecule has 1 N–H and O–H groups in total. The Morgan fingerprint density at radius 2 is 2.24 bits per heavy atom. The lowest BCUT2D eigenvalue weighted by molar-refractivity contribution is 0.163. The zero-order valence-electron chi connectivity index (χ0n) is 11.7. The molecule has 0 aromatic heterocycles. The molecule has 1 aliphatic heterocycles. The molecule has 1 saturated heterocycles. The maximum absolute atomic E-state index is 5.12. The Morgan fingerprint density at radius 1 is 1.53 bits per heavy atom. The topological polar surface area (TPSA) is 33.6 Å². The van der Waals surface area contributed by atoms with Crippen molar-refractivity contribution in [1.82, 2.24) is 5.32 Å². The molecule has 0 aliphatic carbocycles. The van der Waals surface area contributed by atoms with E-state index in [-0.39, 0.29) is 0 Å². The molecular weight excluding hydrogens is 232 g/mol. The first kappa shape index (κ1) is 14.8. The van der Waals surface area contributed by atoms with Crippen molar-refractivity contribution < 1.29 is 4.74 Å². The molecule has 0 amide bonds. The van der Waals surface area contributed by atoms with Crippen LogP contribution in [0.25, 0.3) is 0 Å². The highest BCUT2D eigenvalue weighted by atomic mass is 32.2. The molecule has 1 fully saturated rings. The predicted octanol–water partition coefficient (Wildman–Crippen LogP) is 2.77. The summed E-state index contributed by atoms with van der Waals surface area (Å²) in [5.74, 6) is 1.66. The number of ether oxygens (including phenoxy) is 1. The first-order chi connectivity index (χ1) is 7.93. The molecule has 17 heavy (non-hydrogen) atoms. The van der Waals surface area contributed by atoms with Gasteiger partial charge in [0, 0.05) is 25.4 Å². The molecule has 0 saturated carbocycles. The summed E-state index contributed by atoms with van der Waals surface area (Å²) >= 11 is 1.84. The summed E-state index contributed by atoms with van der Waals surface area (Å²) in [5, 5.41) is 4.67. The fourth-order valence-electron chi connectivity index (χ4n) is 1.85. The minimum atomic E-state index is 0.305. The fourth-order valence-corrected chi connectivity index (χ4v) is 2.79. The largest absolute Gasteiger partial charge is 0.384 e. The first-order valence-corrected chi connectivity index (χ1v) is 7.34. The molecule has 0 radical (unpaired) electrons. The second-order valence-corrected chi connectivity index (χ2v) is 6.99. The Hall–Kier alpha value is -0.220. The van der Waals surface area contributed by atoms with E-state index in [2.05, 4.69) is 38.0 Å². The van der Waals surface area contributed by atoms with E-state index in [0.29, 0.717) is 17.4 Å². The van der Waals surface area contributed by atoms with E-state index >= 15 is 0 Å². The van der Waals surface area contributed by atoms with E-state index in [0.717, 1.165) is 18.3 Å². The van der Waals surface area contributed by atoms with Crippen molar-refractivity contribution in [2.75, 3.05) is 26.0 Å². The van der Waals surface area contributed by atoms with Crippen LogP contribution in [0.4, 0.5) is 0 Å². The molecule has 0 spiro atoms. The highest BCUT2D eigenvalue weighted by Gasteiger charge is 2.28. The Balaban J connectivity index is 2.46. The summed E-state index contributed by atoms with van der Waals surface area (Å²) in [5.41, 5.74) is 0.305. The van der Waals surface area contributed by atoms with Gasteiger partial charge >= 0.3 is 0 Å². The molecule has 4 heteroatoms. The second kappa shape index (κ2) is 6.64. The van der Waals surface area contributed by atoms with Gasteiger partial charge in [0.05, 0.1) is 6.61 Å². The lowest BCUT2D eigenvalue weighted by Gasteiger charge is -2.35. The maximum atomic E-state index is 5.12. The Kier molecular flexibility index (Phi) is 5.80. The predicted molar refractivity (Wildman–Crippen MR) is 76.8 cm³/mol. The van der Waals surface area contributed by atoms with Crippen LogP contribution < -0.4 is 5.32 Å². The van der Waals surface area contributed by atoms with Crippen molar-refractivity contribution >= 4 is 16.9 Å². The fraction of sp³-hybridized carbons (Fsp3) is 0.923. The standard InChI is InChI=1S/C13H26N2OS/c1-10(9-16-5)8-14-12-15-11(6-7-17-12)13(2,3)4/h10-11H,6-9H2,1-5H3,(H,14,15). The van der Waals surface area contributed by atoms with Gasteiger partial charge in [-0.15, -0.1) is 0 Å². The Bertz CT molecular complexity index is 261. The Morgan fingerprint density at radius 3 is 2.82 bits per heavy atom. The third-order valence-electron chi connectivity index (χ3n) is 2.99. The van der Waals surface area contributed by atoms with Crippen LogP contribution in [0, 0.1) is 11.3 Å². The summed E-state index contributed by atoms with van der Waals surface area (Å²) in [6.07, 6.45) is 1.22. The van der Waals surface area contributed by atoms with Crippen LogP contribution in [0.5, 0.6) is 0 Å². The van der Waals surface area contributed by atoms with E-state index in [1.807, 2.05) is 11.8 Å². The lowest BCUT2D eigenvalue weighted by atomic mass is 9.85.